The molecule has 0 aliphatic rings. The second kappa shape index (κ2) is 10.2. The first-order valence-corrected chi connectivity index (χ1v) is 12.3. The first-order valence-electron chi connectivity index (χ1n) is 11.4. The maximum Gasteiger partial charge on any atom is 0.233 e. The predicted molar refractivity (Wildman–Crippen MR) is 139 cm³/mol. The number of thioether (sulfide) groups is 1. The van der Waals surface area contributed by atoms with E-state index in [1.807, 2.05) is 86.7 Å². The van der Waals surface area contributed by atoms with Crippen LogP contribution in [0.5, 0.6) is 0 Å². The summed E-state index contributed by atoms with van der Waals surface area (Å²) in [5, 5.41) is 16.0. The van der Waals surface area contributed by atoms with E-state index in [0.29, 0.717) is 23.4 Å². The molecule has 35 heavy (non-hydrogen) atoms. The fraction of sp³-hybridized carbons (Fsp3) is 0.259. The molecule has 1 atom stereocenters. The van der Waals surface area contributed by atoms with E-state index >= 15 is 0 Å². The van der Waals surface area contributed by atoms with Gasteiger partial charge in [0.15, 0.2) is 5.65 Å². The maximum atomic E-state index is 12.9. The van der Waals surface area contributed by atoms with Crippen molar-refractivity contribution in [3.63, 3.8) is 0 Å². The highest BCUT2D eigenvalue weighted by molar-refractivity contribution is 8.00. The number of pyridine rings is 1. The number of nitriles is 1. The molecule has 7 nitrogen and oxygen atoms in total. The topological polar surface area (TPSA) is 99.3 Å². The average molecular weight is 486 g/mol. The summed E-state index contributed by atoms with van der Waals surface area (Å²) in [5.74, 6) is -0.264. The molecule has 0 bridgehead atoms. The third-order valence-electron chi connectivity index (χ3n) is 5.70. The van der Waals surface area contributed by atoms with Crippen LogP contribution in [0.4, 0.5) is 5.69 Å². The van der Waals surface area contributed by atoms with Crippen LogP contribution in [0.2, 0.25) is 0 Å². The summed E-state index contributed by atoms with van der Waals surface area (Å²) in [7, 11) is 0. The van der Waals surface area contributed by atoms with Crippen LogP contribution in [0, 0.1) is 24.2 Å². The Hall–Kier alpha value is -3.83. The molecule has 0 aliphatic heterocycles. The Morgan fingerprint density at radius 2 is 1.86 bits per heavy atom. The zero-order valence-electron chi connectivity index (χ0n) is 20.1. The summed E-state index contributed by atoms with van der Waals surface area (Å²) in [6.45, 7) is 7.78. The van der Waals surface area contributed by atoms with Crippen LogP contribution in [0.15, 0.2) is 59.6 Å². The van der Waals surface area contributed by atoms with Gasteiger partial charge in [-0.3, -0.25) is 14.0 Å². The Balaban J connectivity index is 1.51. The van der Waals surface area contributed by atoms with Crippen LogP contribution in [0.3, 0.4) is 0 Å². The van der Waals surface area contributed by atoms with Crippen LogP contribution < -0.4 is 10.6 Å². The van der Waals surface area contributed by atoms with Crippen LogP contribution in [0.25, 0.3) is 16.7 Å². The zero-order valence-corrected chi connectivity index (χ0v) is 20.9. The third-order valence-corrected chi connectivity index (χ3v) is 6.81. The Bertz CT molecular complexity index is 1470. The van der Waals surface area contributed by atoms with E-state index in [0.717, 1.165) is 27.2 Å². The first kappa shape index (κ1) is 24.3. The number of nitrogens with one attached hydrogen (secondary N) is 2. The smallest absolute Gasteiger partial charge is 0.233 e. The molecule has 2 N–H and O–H groups in total. The summed E-state index contributed by atoms with van der Waals surface area (Å²) in [4.78, 5) is 29.6. The molecule has 2 heterocycles. The molecule has 0 aliphatic carbocycles. The number of carbonyl (C=O) groups is 2. The van der Waals surface area contributed by atoms with E-state index in [1.165, 1.54) is 11.8 Å². The normalized spacial score (nSPS) is 12.0. The van der Waals surface area contributed by atoms with Gasteiger partial charge in [-0.25, -0.2) is 4.98 Å². The van der Waals surface area contributed by atoms with Gasteiger partial charge in [0.1, 0.15) is 6.07 Å². The number of nitrogens with zero attached hydrogens (tertiary/aromatic N) is 3. The Morgan fingerprint density at radius 3 is 2.60 bits per heavy atom. The lowest BCUT2D eigenvalue weighted by molar-refractivity contribution is -0.120. The quantitative estimate of drug-likeness (QED) is 0.357. The molecular weight excluding hydrogens is 458 g/mol. The number of anilines is 1. The zero-order chi connectivity index (χ0) is 25.1. The van der Waals surface area contributed by atoms with Crippen molar-refractivity contribution in [3.05, 3.63) is 71.3 Å². The fourth-order valence-corrected chi connectivity index (χ4v) is 4.84. The summed E-state index contributed by atoms with van der Waals surface area (Å²) < 4.78 is 1.95. The van der Waals surface area contributed by atoms with E-state index in [1.54, 1.807) is 0 Å². The summed E-state index contributed by atoms with van der Waals surface area (Å²) in [6, 6.07) is 19.4. The van der Waals surface area contributed by atoms with Crippen LogP contribution in [0.1, 0.15) is 37.5 Å². The lowest BCUT2D eigenvalue weighted by Crippen LogP contribution is -2.30. The Labute approximate surface area is 208 Å². The minimum Gasteiger partial charge on any atom is -0.351 e. The number of fused-ring (bicyclic) bond motifs is 3. The van der Waals surface area contributed by atoms with Crippen molar-refractivity contribution in [1.82, 2.24) is 14.7 Å². The number of rotatable bonds is 7. The molecule has 0 spiro atoms. The van der Waals surface area contributed by atoms with Crippen LogP contribution >= 0.6 is 11.8 Å². The standard InChI is InChI=1S/C27H27N5O2S/c1-16(2)26(33)30-20-9-7-8-19(13-20)15-29-27(34)18(4)35-24-12-17(3)21(14-28)25-31-22-10-5-6-11-23(22)32(24)25/h5-13,16,18H,15H2,1-4H3,(H,29,34)(H,30,33)/t18-/m0/s1. The molecule has 0 saturated carbocycles. The SMILES string of the molecule is Cc1cc(S[C@@H](C)C(=O)NCc2cccc(NC(=O)C(C)C)c2)n2c(nc3ccccc32)c1C#N. The molecule has 2 amide bonds. The van der Waals surface area contributed by atoms with Crippen molar-refractivity contribution < 1.29 is 9.59 Å². The highest BCUT2D eigenvalue weighted by atomic mass is 32.2. The largest absolute Gasteiger partial charge is 0.351 e. The number of benzene rings is 2. The summed E-state index contributed by atoms with van der Waals surface area (Å²) in [6.07, 6.45) is 0. The number of hydrogen-bond acceptors (Lipinski definition) is 5. The minimum absolute atomic E-state index is 0.0488. The molecule has 0 unspecified atom stereocenters. The van der Waals surface area contributed by atoms with Gasteiger partial charge in [0, 0.05) is 18.2 Å². The lowest BCUT2D eigenvalue weighted by Gasteiger charge is -2.15. The first-order chi connectivity index (χ1) is 16.8. The van der Waals surface area contributed by atoms with Crippen molar-refractivity contribution in [2.45, 2.75) is 44.5 Å². The van der Waals surface area contributed by atoms with Gasteiger partial charge in [-0.15, -0.1) is 0 Å². The van der Waals surface area contributed by atoms with Gasteiger partial charge in [0.2, 0.25) is 11.8 Å². The second-order valence-electron chi connectivity index (χ2n) is 8.73. The Morgan fingerprint density at radius 1 is 1.09 bits per heavy atom. The molecule has 8 heteroatoms. The van der Waals surface area contributed by atoms with Gasteiger partial charge in [0.05, 0.1) is 26.9 Å². The Kier molecular flexibility index (Phi) is 7.08. The molecule has 4 aromatic rings. The van der Waals surface area contributed by atoms with Gasteiger partial charge in [-0.1, -0.05) is 49.9 Å². The van der Waals surface area contributed by atoms with E-state index in [4.69, 9.17) is 0 Å². The summed E-state index contributed by atoms with van der Waals surface area (Å²) >= 11 is 1.43. The van der Waals surface area contributed by atoms with E-state index < -0.39 is 0 Å². The van der Waals surface area contributed by atoms with Crippen molar-refractivity contribution in [2.24, 2.45) is 5.92 Å². The molecule has 0 saturated heterocycles. The number of imidazole rings is 1. The molecule has 0 radical (unpaired) electrons. The van der Waals surface area contributed by atoms with E-state index in [9.17, 15) is 14.9 Å². The van der Waals surface area contributed by atoms with Gasteiger partial charge in [-0.05, 0) is 55.3 Å². The molecule has 2 aromatic heterocycles. The van der Waals surface area contributed by atoms with Crippen molar-refractivity contribution in [3.8, 4) is 6.07 Å². The number of aromatic nitrogens is 2. The van der Waals surface area contributed by atoms with Gasteiger partial charge in [-0.2, -0.15) is 5.26 Å². The van der Waals surface area contributed by atoms with Crippen molar-refractivity contribution in [1.29, 1.82) is 5.26 Å². The fourth-order valence-electron chi connectivity index (χ4n) is 3.75. The van der Waals surface area contributed by atoms with Crippen molar-refractivity contribution in [2.75, 3.05) is 5.32 Å². The van der Waals surface area contributed by atoms with Gasteiger partial charge < -0.3 is 10.6 Å². The molecule has 178 valence electrons. The molecular formula is C27H27N5O2S. The maximum absolute atomic E-state index is 12.9. The molecule has 4 rings (SSSR count). The lowest BCUT2D eigenvalue weighted by atomic mass is 10.1. The van der Waals surface area contributed by atoms with Crippen molar-refractivity contribution >= 4 is 45.9 Å². The van der Waals surface area contributed by atoms with E-state index in [-0.39, 0.29) is 23.0 Å². The number of carbonyl (C=O) groups excluding carboxylic acids is 2. The molecule has 2 aromatic carbocycles. The van der Waals surface area contributed by atoms with Gasteiger partial charge >= 0.3 is 0 Å². The monoisotopic (exact) mass is 485 g/mol. The highest BCUT2D eigenvalue weighted by Crippen LogP contribution is 2.31. The average Bonchev–Trinajstić information content (AvgIpc) is 3.22. The number of aryl methyl sites for hydroxylation is 1. The third kappa shape index (κ3) is 5.15. The number of hydrogen-bond donors (Lipinski definition) is 2. The van der Waals surface area contributed by atoms with Crippen LogP contribution in [-0.4, -0.2) is 26.4 Å². The van der Waals surface area contributed by atoms with Gasteiger partial charge in [0.25, 0.3) is 0 Å². The summed E-state index contributed by atoms with van der Waals surface area (Å²) in [5.41, 5.74) is 5.27. The molecule has 0 fully saturated rings. The van der Waals surface area contributed by atoms with Crippen LogP contribution in [-0.2, 0) is 16.1 Å². The number of amides is 2. The number of para-hydroxylation sites is 2. The second-order valence-corrected chi connectivity index (χ2v) is 10.1. The predicted octanol–water partition coefficient (Wildman–Crippen LogP) is 5.06. The highest BCUT2D eigenvalue weighted by Gasteiger charge is 2.20. The van der Waals surface area contributed by atoms with E-state index in [2.05, 4.69) is 21.7 Å². The minimum atomic E-state index is -0.379.